The maximum atomic E-state index is 4.79. The molecular formula is C27H30N6. The number of likely N-dealkylation sites (N-methyl/N-ethyl adjacent to an activating group) is 2. The van der Waals surface area contributed by atoms with Crippen molar-refractivity contribution in [3.8, 4) is 0 Å². The molecule has 0 fully saturated rings. The Morgan fingerprint density at radius 1 is 0.818 bits per heavy atom. The summed E-state index contributed by atoms with van der Waals surface area (Å²) in [4.78, 5) is 13.1. The maximum Gasteiger partial charge on any atom is 0.225 e. The summed E-state index contributed by atoms with van der Waals surface area (Å²) in [6, 6.07) is 22.7. The van der Waals surface area contributed by atoms with Crippen molar-refractivity contribution in [3.05, 3.63) is 102 Å². The predicted molar refractivity (Wildman–Crippen MR) is 136 cm³/mol. The lowest BCUT2D eigenvalue weighted by Gasteiger charge is -2.28. The SMILES string of the molecule is CCN(CCN(C)c1ncccn1)C1=NN=C(c2ccccc2)CC=C1Cc1ccccc1. The second-order valence-corrected chi connectivity index (χ2v) is 7.98. The molecule has 2 heterocycles. The summed E-state index contributed by atoms with van der Waals surface area (Å²) in [5.41, 5.74) is 4.57. The summed E-state index contributed by atoms with van der Waals surface area (Å²) in [5.74, 6) is 1.66. The third-order valence-corrected chi connectivity index (χ3v) is 5.72. The van der Waals surface area contributed by atoms with Crippen LogP contribution in [0.3, 0.4) is 0 Å². The molecule has 0 saturated heterocycles. The number of anilines is 1. The highest BCUT2D eigenvalue weighted by Gasteiger charge is 2.19. The molecule has 168 valence electrons. The van der Waals surface area contributed by atoms with E-state index in [1.165, 1.54) is 11.1 Å². The lowest BCUT2D eigenvalue weighted by molar-refractivity contribution is 0.444. The van der Waals surface area contributed by atoms with Crippen molar-refractivity contribution in [2.45, 2.75) is 19.8 Å². The van der Waals surface area contributed by atoms with E-state index in [1.54, 1.807) is 12.4 Å². The van der Waals surface area contributed by atoms with Gasteiger partial charge in [0.1, 0.15) is 0 Å². The van der Waals surface area contributed by atoms with Crippen molar-refractivity contribution in [1.29, 1.82) is 0 Å². The Morgan fingerprint density at radius 3 is 2.21 bits per heavy atom. The van der Waals surface area contributed by atoms with Gasteiger partial charge >= 0.3 is 0 Å². The summed E-state index contributed by atoms with van der Waals surface area (Å²) in [7, 11) is 2.02. The van der Waals surface area contributed by atoms with Gasteiger partial charge in [-0.15, -0.1) is 5.10 Å². The standard InChI is InChI=1S/C27H30N6/c1-3-33(20-19-32(2)27-28-17-10-18-29-27)26-24(21-22-11-6-4-7-12-22)15-16-25(30-31-26)23-13-8-5-9-14-23/h4-15,17-18H,3,16,19-21H2,1-2H3. The zero-order valence-electron chi connectivity index (χ0n) is 19.3. The molecule has 0 unspecified atom stereocenters. The summed E-state index contributed by atoms with van der Waals surface area (Å²) < 4.78 is 0. The minimum Gasteiger partial charge on any atom is -0.353 e. The van der Waals surface area contributed by atoms with Crippen molar-refractivity contribution in [3.63, 3.8) is 0 Å². The predicted octanol–water partition coefficient (Wildman–Crippen LogP) is 4.61. The fourth-order valence-electron chi connectivity index (χ4n) is 3.84. The number of hydrogen-bond acceptors (Lipinski definition) is 6. The molecule has 0 bridgehead atoms. The van der Waals surface area contributed by atoms with Crippen LogP contribution in [0.15, 0.2) is 101 Å². The number of allylic oxidation sites excluding steroid dienone is 1. The van der Waals surface area contributed by atoms with Gasteiger partial charge in [-0.3, -0.25) is 0 Å². The summed E-state index contributed by atoms with van der Waals surface area (Å²) in [6.45, 7) is 4.58. The molecule has 3 aromatic rings. The molecule has 0 N–H and O–H groups in total. The second-order valence-electron chi connectivity index (χ2n) is 7.98. The van der Waals surface area contributed by atoms with Crippen LogP contribution in [0.2, 0.25) is 0 Å². The van der Waals surface area contributed by atoms with Crippen LogP contribution in [0.5, 0.6) is 0 Å². The van der Waals surface area contributed by atoms with Crippen LogP contribution in [-0.2, 0) is 6.42 Å². The van der Waals surface area contributed by atoms with Crippen LogP contribution in [0, 0.1) is 0 Å². The maximum absolute atomic E-state index is 4.79. The van der Waals surface area contributed by atoms with Gasteiger partial charge in [-0.1, -0.05) is 66.7 Å². The van der Waals surface area contributed by atoms with Crippen LogP contribution in [-0.4, -0.2) is 53.1 Å². The molecule has 4 rings (SSSR count). The third-order valence-electron chi connectivity index (χ3n) is 5.72. The highest BCUT2D eigenvalue weighted by atomic mass is 15.3. The zero-order chi connectivity index (χ0) is 22.9. The first kappa shape index (κ1) is 22.4. The molecule has 0 radical (unpaired) electrons. The average Bonchev–Trinajstić information content (AvgIpc) is 3.09. The van der Waals surface area contributed by atoms with E-state index >= 15 is 0 Å². The van der Waals surface area contributed by atoms with Crippen LogP contribution in [0.25, 0.3) is 0 Å². The van der Waals surface area contributed by atoms with Crippen LogP contribution >= 0.6 is 0 Å². The number of hydrogen-bond donors (Lipinski definition) is 0. The molecule has 0 aliphatic carbocycles. The van der Waals surface area contributed by atoms with Gasteiger partial charge in [-0.05, 0) is 29.7 Å². The largest absolute Gasteiger partial charge is 0.353 e. The number of amidine groups is 1. The van der Waals surface area contributed by atoms with Crippen LogP contribution in [0.4, 0.5) is 5.95 Å². The fourth-order valence-corrected chi connectivity index (χ4v) is 3.84. The van der Waals surface area contributed by atoms with Gasteiger partial charge in [0.15, 0.2) is 5.84 Å². The normalized spacial score (nSPS) is 13.5. The van der Waals surface area contributed by atoms with Gasteiger partial charge in [-0.25, -0.2) is 9.97 Å². The van der Waals surface area contributed by atoms with Crippen LogP contribution in [0.1, 0.15) is 24.5 Å². The number of nitrogens with zero attached hydrogens (tertiary/aromatic N) is 6. The van der Waals surface area contributed by atoms with Crippen molar-refractivity contribution < 1.29 is 0 Å². The van der Waals surface area contributed by atoms with E-state index in [4.69, 9.17) is 10.2 Å². The fraction of sp³-hybridized carbons (Fsp3) is 0.259. The van der Waals surface area contributed by atoms with E-state index in [-0.39, 0.29) is 0 Å². The van der Waals surface area contributed by atoms with E-state index in [2.05, 4.69) is 75.2 Å². The molecule has 0 spiro atoms. The number of aromatic nitrogens is 2. The Bertz CT molecular complexity index is 1110. The molecule has 1 aliphatic rings. The quantitative estimate of drug-likeness (QED) is 0.515. The van der Waals surface area contributed by atoms with Gasteiger partial charge in [0.25, 0.3) is 0 Å². The molecule has 6 nitrogen and oxygen atoms in total. The first-order valence-corrected chi connectivity index (χ1v) is 11.4. The first-order valence-electron chi connectivity index (χ1n) is 11.4. The second kappa shape index (κ2) is 11.2. The molecule has 1 aromatic heterocycles. The zero-order valence-corrected chi connectivity index (χ0v) is 19.3. The molecule has 6 heteroatoms. The number of benzene rings is 2. The molecule has 2 aromatic carbocycles. The first-order chi connectivity index (χ1) is 16.2. The van der Waals surface area contributed by atoms with E-state index in [0.717, 1.165) is 55.5 Å². The summed E-state index contributed by atoms with van der Waals surface area (Å²) in [6.07, 6.45) is 7.41. The number of rotatable bonds is 8. The molecule has 0 saturated carbocycles. The summed E-state index contributed by atoms with van der Waals surface area (Å²) in [5, 5.41) is 9.49. The Labute approximate surface area is 196 Å². The van der Waals surface area contributed by atoms with Gasteiger partial charge in [-0.2, -0.15) is 5.10 Å². The minimum atomic E-state index is 0.723. The van der Waals surface area contributed by atoms with Gasteiger partial charge in [0, 0.05) is 51.9 Å². The summed E-state index contributed by atoms with van der Waals surface area (Å²) >= 11 is 0. The molecule has 1 aliphatic heterocycles. The third kappa shape index (κ3) is 5.92. The highest BCUT2D eigenvalue weighted by molar-refractivity contribution is 6.06. The van der Waals surface area contributed by atoms with E-state index < -0.39 is 0 Å². The lowest BCUT2D eigenvalue weighted by Crippen LogP contribution is -2.39. The lowest BCUT2D eigenvalue weighted by atomic mass is 10.0. The molecular weight excluding hydrogens is 408 g/mol. The Balaban J connectivity index is 1.59. The highest BCUT2D eigenvalue weighted by Crippen LogP contribution is 2.19. The smallest absolute Gasteiger partial charge is 0.225 e. The van der Waals surface area contributed by atoms with Gasteiger partial charge < -0.3 is 9.80 Å². The molecule has 33 heavy (non-hydrogen) atoms. The average molecular weight is 439 g/mol. The van der Waals surface area contributed by atoms with Gasteiger partial charge in [0.2, 0.25) is 5.95 Å². The van der Waals surface area contributed by atoms with E-state index in [9.17, 15) is 0 Å². The Kier molecular flexibility index (Phi) is 7.59. The minimum absolute atomic E-state index is 0.723. The molecule has 0 amide bonds. The topological polar surface area (TPSA) is 57.0 Å². The van der Waals surface area contributed by atoms with Crippen LogP contribution < -0.4 is 4.90 Å². The van der Waals surface area contributed by atoms with Crippen molar-refractivity contribution in [1.82, 2.24) is 14.9 Å². The monoisotopic (exact) mass is 438 g/mol. The van der Waals surface area contributed by atoms with Gasteiger partial charge in [0.05, 0.1) is 5.71 Å². The van der Waals surface area contributed by atoms with Crippen molar-refractivity contribution >= 4 is 17.5 Å². The Morgan fingerprint density at radius 2 is 1.52 bits per heavy atom. The van der Waals surface area contributed by atoms with Crippen molar-refractivity contribution in [2.24, 2.45) is 10.2 Å². The molecule has 0 atom stereocenters. The van der Waals surface area contributed by atoms with Crippen molar-refractivity contribution in [2.75, 3.05) is 31.6 Å². The van der Waals surface area contributed by atoms with E-state index in [0.29, 0.717) is 0 Å². The Hall–Kier alpha value is -3.80. The van der Waals surface area contributed by atoms with E-state index in [1.807, 2.05) is 31.3 Å².